The number of nitrogens with one attached hydrogen (secondary N) is 1. The highest BCUT2D eigenvalue weighted by Crippen LogP contribution is 2.21. The Kier molecular flexibility index (Phi) is 2.20. The SMILES string of the molecule is OC(c1nc2ccccc2[nH]1)C(O)(O)O. The van der Waals surface area contributed by atoms with Crippen LogP contribution < -0.4 is 0 Å². The van der Waals surface area contributed by atoms with Gasteiger partial charge in [0.25, 0.3) is 0 Å². The summed E-state index contributed by atoms with van der Waals surface area (Å²) in [5, 5.41) is 35.6. The molecule has 1 aromatic carbocycles. The van der Waals surface area contributed by atoms with Gasteiger partial charge in [0.1, 0.15) is 5.82 Å². The molecule has 1 aromatic heterocycles. The summed E-state index contributed by atoms with van der Waals surface area (Å²) in [5.74, 6) is -3.31. The minimum Gasteiger partial charge on any atom is -0.378 e. The summed E-state index contributed by atoms with van der Waals surface area (Å²) in [6, 6.07) is 6.92. The number of fused-ring (bicyclic) bond motifs is 1. The van der Waals surface area contributed by atoms with Crippen LogP contribution in [0, 0.1) is 0 Å². The van der Waals surface area contributed by atoms with Crippen molar-refractivity contribution in [2.24, 2.45) is 0 Å². The first kappa shape index (κ1) is 10.1. The summed E-state index contributed by atoms with van der Waals surface area (Å²) < 4.78 is 0. The molecule has 0 aliphatic heterocycles. The maximum Gasteiger partial charge on any atom is 0.310 e. The lowest BCUT2D eigenvalue weighted by molar-refractivity contribution is -0.358. The Labute approximate surface area is 84.4 Å². The molecule has 0 spiro atoms. The molecule has 6 heteroatoms. The van der Waals surface area contributed by atoms with E-state index in [0.717, 1.165) is 0 Å². The Balaban J connectivity index is 2.45. The highest BCUT2D eigenvalue weighted by molar-refractivity contribution is 5.74. The van der Waals surface area contributed by atoms with Gasteiger partial charge in [-0.3, -0.25) is 0 Å². The predicted molar refractivity (Wildman–Crippen MR) is 50.4 cm³/mol. The van der Waals surface area contributed by atoms with Gasteiger partial charge in [-0.1, -0.05) is 12.1 Å². The molecule has 2 rings (SSSR count). The molecule has 1 atom stereocenters. The number of para-hydroxylation sites is 2. The Bertz CT molecular complexity index is 441. The van der Waals surface area contributed by atoms with Gasteiger partial charge in [-0.2, -0.15) is 0 Å². The monoisotopic (exact) mass is 210 g/mol. The highest BCUT2D eigenvalue weighted by Gasteiger charge is 2.34. The number of hydrogen-bond donors (Lipinski definition) is 5. The van der Waals surface area contributed by atoms with Gasteiger partial charge < -0.3 is 25.4 Å². The van der Waals surface area contributed by atoms with E-state index >= 15 is 0 Å². The molecule has 15 heavy (non-hydrogen) atoms. The number of nitrogens with zero attached hydrogens (tertiary/aromatic N) is 1. The zero-order chi connectivity index (χ0) is 11.1. The molecular formula is C9H10N2O4. The molecule has 0 saturated heterocycles. The van der Waals surface area contributed by atoms with Gasteiger partial charge in [0.05, 0.1) is 11.0 Å². The first-order chi connectivity index (χ1) is 6.98. The van der Waals surface area contributed by atoms with Crippen LogP contribution in [0.3, 0.4) is 0 Å². The summed E-state index contributed by atoms with van der Waals surface area (Å²) >= 11 is 0. The maximum atomic E-state index is 9.31. The number of hydrogen-bond acceptors (Lipinski definition) is 5. The quantitative estimate of drug-likeness (QED) is 0.418. The number of aliphatic hydroxyl groups excluding tert-OH is 1. The zero-order valence-electron chi connectivity index (χ0n) is 7.62. The summed E-state index contributed by atoms with van der Waals surface area (Å²) in [7, 11) is 0. The number of aliphatic hydroxyl groups is 4. The van der Waals surface area contributed by atoms with Crippen LogP contribution in [-0.2, 0) is 0 Å². The van der Waals surface area contributed by atoms with Crippen LogP contribution >= 0.6 is 0 Å². The molecule has 0 aliphatic rings. The van der Waals surface area contributed by atoms with Gasteiger partial charge in [0.15, 0.2) is 6.10 Å². The Hall–Kier alpha value is -1.47. The lowest BCUT2D eigenvalue weighted by Gasteiger charge is -2.18. The van der Waals surface area contributed by atoms with Crippen molar-refractivity contribution in [3.8, 4) is 0 Å². The number of rotatable bonds is 2. The van der Waals surface area contributed by atoms with E-state index in [0.29, 0.717) is 11.0 Å². The van der Waals surface area contributed by atoms with Gasteiger partial charge in [-0.15, -0.1) is 0 Å². The molecule has 0 saturated carbocycles. The number of benzene rings is 1. The zero-order valence-corrected chi connectivity index (χ0v) is 7.62. The van der Waals surface area contributed by atoms with Gasteiger partial charge >= 0.3 is 5.97 Å². The minimum absolute atomic E-state index is 0.108. The molecule has 6 nitrogen and oxygen atoms in total. The summed E-state index contributed by atoms with van der Waals surface area (Å²) in [5.41, 5.74) is 1.20. The van der Waals surface area contributed by atoms with Gasteiger partial charge in [-0.25, -0.2) is 4.98 Å². The predicted octanol–water partition coefficient (Wildman–Crippen LogP) is -0.773. The summed E-state index contributed by atoms with van der Waals surface area (Å²) in [4.78, 5) is 6.55. The van der Waals surface area contributed by atoms with Crippen LogP contribution in [0.25, 0.3) is 11.0 Å². The standard InChI is InChI=1S/C9H10N2O4/c12-7(9(13,14)15)8-10-5-3-1-2-4-6(5)11-8/h1-4,7,12-15H,(H,10,11). The van der Waals surface area contributed by atoms with E-state index in [2.05, 4.69) is 9.97 Å². The van der Waals surface area contributed by atoms with E-state index in [4.69, 9.17) is 15.3 Å². The second-order valence-corrected chi connectivity index (χ2v) is 3.23. The Morgan fingerprint density at radius 3 is 2.47 bits per heavy atom. The topological polar surface area (TPSA) is 110 Å². The molecule has 0 bridgehead atoms. The Morgan fingerprint density at radius 2 is 1.87 bits per heavy atom. The molecule has 0 amide bonds. The normalized spacial score (nSPS) is 14.4. The average molecular weight is 210 g/mol. The first-order valence-corrected chi connectivity index (χ1v) is 4.28. The largest absolute Gasteiger partial charge is 0.378 e. The van der Waals surface area contributed by atoms with E-state index in [1.54, 1.807) is 24.3 Å². The van der Waals surface area contributed by atoms with Crippen LogP contribution in [-0.4, -0.2) is 36.4 Å². The molecular weight excluding hydrogens is 200 g/mol. The summed E-state index contributed by atoms with van der Waals surface area (Å²) in [6.45, 7) is 0. The molecule has 1 unspecified atom stereocenters. The third-order valence-electron chi connectivity index (χ3n) is 2.03. The number of aromatic nitrogens is 2. The van der Waals surface area contributed by atoms with Crippen LogP contribution in [0.4, 0.5) is 0 Å². The van der Waals surface area contributed by atoms with E-state index in [9.17, 15) is 5.11 Å². The third kappa shape index (κ3) is 1.83. The van der Waals surface area contributed by atoms with Gasteiger partial charge in [0, 0.05) is 0 Å². The number of aromatic amines is 1. The van der Waals surface area contributed by atoms with Crippen LogP contribution in [0.15, 0.2) is 24.3 Å². The van der Waals surface area contributed by atoms with Crippen molar-refractivity contribution >= 4 is 11.0 Å². The van der Waals surface area contributed by atoms with Crippen molar-refractivity contribution in [3.05, 3.63) is 30.1 Å². The van der Waals surface area contributed by atoms with Crippen molar-refractivity contribution in [1.29, 1.82) is 0 Å². The van der Waals surface area contributed by atoms with Crippen molar-refractivity contribution in [3.63, 3.8) is 0 Å². The van der Waals surface area contributed by atoms with Crippen molar-refractivity contribution in [2.45, 2.75) is 12.1 Å². The number of imidazole rings is 1. The molecule has 2 aromatic rings. The van der Waals surface area contributed by atoms with E-state index < -0.39 is 12.1 Å². The van der Waals surface area contributed by atoms with Gasteiger partial charge in [-0.05, 0) is 12.1 Å². The smallest absolute Gasteiger partial charge is 0.310 e. The van der Waals surface area contributed by atoms with Crippen molar-refractivity contribution in [2.75, 3.05) is 0 Å². The first-order valence-electron chi connectivity index (χ1n) is 4.28. The fourth-order valence-electron chi connectivity index (χ4n) is 1.29. The van der Waals surface area contributed by atoms with E-state index in [1.165, 1.54) is 0 Å². The van der Waals surface area contributed by atoms with Crippen molar-refractivity contribution in [1.82, 2.24) is 9.97 Å². The molecule has 0 radical (unpaired) electrons. The third-order valence-corrected chi connectivity index (χ3v) is 2.03. The molecule has 5 N–H and O–H groups in total. The van der Waals surface area contributed by atoms with Crippen molar-refractivity contribution < 1.29 is 20.4 Å². The van der Waals surface area contributed by atoms with Crippen LogP contribution in [0.2, 0.25) is 0 Å². The fourth-order valence-corrected chi connectivity index (χ4v) is 1.29. The summed E-state index contributed by atoms with van der Waals surface area (Å²) in [6.07, 6.45) is -1.90. The lowest BCUT2D eigenvalue weighted by atomic mass is 10.3. The lowest BCUT2D eigenvalue weighted by Crippen LogP contribution is -2.36. The maximum absolute atomic E-state index is 9.31. The second-order valence-electron chi connectivity index (χ2n) is 3.23. The number of H-pyrrole nitrogens is 1. The molecule has 1 heterocycles. The Morgan fingerprint density at radius 1 is 1.20 bits per heavy atom. The second kappa shape index (κ2) is 3.28. The molecule has 0 fully saturated rings. The fraction of sp³-hybridized carbons (Fsp3) is 0.222. The van der Waals surface area contributed by atoms with Crippen LogP contribution in [0.1, 0.15) is 11.9 Å². The van der Waals surface area contributed by atoms with E-state index in [1.807, 2.05) is 0 Å². The molecule has 0 aliphatic carbocycles. The van der Waals surface area contributed by atoms with Gasteiger partial charge in [0.2, 0.25) is 0 Å². The highest BCUT2D eigenvalue weighted by atomic mass is 16.7. The minimum atomic E-state index is -3.20. The average Bonchev–Trinajstić information content (AvgIpc) is 2.58. The van der Waals surface area contributed by atoms with Crippen LogP contribution in [0.5, 0.6) is 0 Å². The molecule has 80 valence electrons. The van der Waals surface area contributed by atoms with E-state index in [-0.39, 0.29) is 5.82 Å².